The van der Waals surface area contributed by atoms with Gasteiger partial charge in [0, 0.05) is 18.5 Å². The number of carbonyl (C=O) groups excluding carboxylic acids is 1. The van der Waals surface area contributed by atoms with Crippen molar-refractivity contribution in [3.05, 3.63) is 17.7 Å². The lowest BCUT2D eigenvalue weighted by atomic mass is 10.1. The molecule has 0 aromatic heterocycles. The number of ether oxygens (including phenoxy) is 3. The van der Waals surface area contributed by atoms with Crippen LogP contribution in [0.4, 0.5) is 0 Å². The molecule has 0 unspecified atom stereocenters. The highest BCUT2D eigenvalue weighted by atomic mass is 16.5. The van der Waals surface area contributed by atoms with Crippen LogP contribution >= 0.6 is 0 Å². The molecule has 0 saturated carbocycles. The minimum absolute atomic E-state index is 0.0490. The zero-order valence-electron chi connectivity index (χ0n) is 12.1. The molecule has 0 radical (unpaired) electrons. The SMILES string of the molecule is COc1cc(C(=O)CCN(C)C)cc(OC)c1OC. The molecule has 0 saturated heterocycles. The van der Waals surface area contributed by atoms with Gasteiger partial charge in [0.25, 0.3) is 0 Å². The molecule has 106 valence electrons. The predicted octanol–water partition coefficient (Wildman–Crippen LogP) is 1.85. The lowest BCUT2D eigenvalue weighted by molar-refractivity contribution is 0.0971. The minimum atomic E-state index is 0.0490. The number of benzene rings is 1. The summed E-state index contributed by atoms with van der Waals surface area (Å²) in [7, 11) is 8.47. The first-order chi connectivity index (χ1) is 9.03. The summed E-state index contributed by atoms with van der Waals surface area (Å²) >= 11 is 0. The number of hydrogen-bond acceptors (Lipinski definition) is 5. The van der Waals surface area contributed by atoms with E-state index in [9.17, 15) is 4.79 Å². The fraction of sp³-hybridized carbons (Fsp3) is 0.500. The number of Topliss-reactive ketones (excluding diaryl/α,β-unsaturated/α-hetero) is 1. The van der Waals surface area contributed by atoms with Gasteiger partial charge in [-0.05, 0) is 26.2 Å². The summed E-state index contributed by atoms with van der Waals surface area (Å²) in [6.07, 6.45) is 0.450. The Labute approximate surface area is 114 Å². The molecule has 1 aromatic rings. The smallest absolute Gasteiger partial charge is 0.203 e. The third-order valence-corrected chi connectivity index (χ3v) is 2.77. The highest BCUT2D eigenvalue weighted by molar-refractivity contribution is 5.97. The topological polar surface area (TPSA) is 48.0 Å². The van der Waals surface area contributed by atoms with Crippen LogP contribution in [0.25, 0.3) is 0 Å². The lowest BCUT2D eigenvalue weighted by Crippen LogP contribution is -2.16. The van der Waals surface area contributed by atoms with E-state index >= 15 is 0 Å². The standard InChI is InChI=1S/C14H21NO4/c1-15(2)7-6-11(16)10-8-12(17-3)14(19-5)13(9-10)18-4/h8-9H,6-7H2,1-5H3. The second-order valence-corrected chi connectivity index (χ2v) is 4.39. The molecule has 0 spiro atoms. The monoisotopic (exact) mass is 267 g/mol. The van der Waals surface area contributed by atoms with Crippen LogP contribution in [0.5, 0.6) is 17.2 Å². The van der Waals surface area contributed by atoms with E-state index in [4.69, 9.17) is 14.2 Å². The van der Waals surface area contributed by atoms with Crippen LogP contribution in [-0.2, 0) is 0 Å². The Hall–Kier alpha value is -1.75. The predicted molar refractivity (Wildman–Crippen MR) is 73.6 cm³/mol. The van der Waals surface area contributed by atoms with Gasteiger partial charge in [-0.2, -0.15) is 0 Å². The van der Waals surface area contributed by atoms with Crippen molar-refractivity contribution in [1.29, 1.82) is 0 Å². The van der Waals surface area contributed by atoms with Crippen molar-refractivity contribution in [2.24, 2.45) is 0 Å². The van der Waals surface area contributed by atoms with Crippen molar-refractivity contribution in [3.8, 4) is 17.2 Å². The van der Waals surface area contributed by atoms with Crippen molar-refractivity contribution in [1.82, 2.24) is 4.90 Å². The number of methoxy groups -OCH3 is 3. The Morgan fingerprint density at radius 3 is 1.95 bits per heavy atom. The van der Waals surface area contributed by atoms with Crippen molar-refractivity contribution in [3.63, 3.8) is 0 Å². The minimum Gasteiger partial charge on any atom is -0.493 e. The number of ketones is 1. The average Bonchev–Trinajstić information content (AvgIpc) is 2.42. The lowest BCUT2D eigenvalue weighted by Gasteiger charge is -2.14. The summed E-state index contributed by atoms with van der Waals surface area (Å²) in [5.74, 6) is 1.53. The molecule has 0 aliphatic rings. The highest BCUT2D eigenvalue weighted by Gasteiger charge is 2.16. The normalized spacial score (nSPS) is 10.4. The quantitative estimate of drug-likeness (QED) is 0.706. The Kier molecular flexibility index (Phi) is 5.63. The first kappa shape index (κ1) is 15.3. The summed E-state index contributed by atoms with van der Waals surface area (Å²) in [6, 6.07) is 3.36. The number of carbonyl (C=O) groups is 1. The van der Waals surface area contributed by atoms with E-state index in [1.54, 1.807) is 12.1 Å². The average molecular weight is 267 g/mol. The molecule has 0 fully saturated rings. The first-order valence-corrected chi connectivity index (χ1v) is 6.01. The second kappa shape index (κ2) is 6.99. The van der Waals surface area contributed by atoms with Crippen LogP contribution in [0.15, 0.2) is 12.1 Å². The maximum Gasteiger partial charge on any atom is 0.203 e. The Morgan fingerprint density at radius 1 is 1.05 bits per heavy atom. The molecule has 0 amide bonds. The van der Waals surface area contributed by atoms with Gasteiger partial charge in [0.2, 0.25) is 5.75 Å². The van der Waals surface area contributed by atoms with Gasteiger partial charge in [-0.3, -0.25) is 4.79 Å². The van der Waals surface area contributed by atoms with Gasteiger partial charge >= 0.3 is 0 Å². The van der Waals surface area contributed by atoms with E-state index < -0.39 is 0 Å². The molecule has 0 heterocycles. The van der Waals surface area contributed by atoms with E-state index in [2.05, 4.69) is 0 Å². The molecular weight excluding hydrogens is 246 g/mol. The molecule has 0 N–H and O–H groups in total. The Bertz CT molecular complexity index is 418. The van der Waals surface area contributed by atoms with E-state index in [0.717, 1.165) is 0 Å². The van der Waals surface area contributed by atoms with Gasteiger partial charge in [-0.1, -0.05) is 0 Å². The first-order valence-electron chi connectivity index (χ1n) is 6.01. The third kappa shape index (κ3) is 3.86. The molecule has 0 aliphatic heterocycles. The Morgan fingerprint density at radius 2 is 1.58 bits per heavy atom. The van der Waals surface area contributed by atoms with Gasteiger partial charge in [-0.25, -0.2) is 0 Å². The van der Waals surface area contributed by atoms with Crippen molar-refractivity contribution in [2.75, 3.05) is 42.0 Å². The molecular formula is C14H21NO4. The van der Waals surface area contributed by atoms with Gasteiger partial charge in [0.1, 0.15) is 0 Å². The summed E-state index contributed by atoms with van der Waals surface area (Å²) in [4.78, 5) is 14.1. The van der Waals surface area contributed by atoms with Crippen molar-refractivity contribution in [2.45, 2.75) is 6.42 Å². The van der Waals surface area contributed by atoms with E-state index in [-0.39, 0.29) is 5.78 Å². The van der Waals surface area contributed by atoms with Crippen LogP contribution in [-0.4, -0.2) is 52.7 Å². The molecule has 19 heavy (non-hydrogen) atoms. The molecule has 1 rings (SSSR count). The van der Waals surface area contributed by atoms with Crippen LogP contribution < -0.4 is 14.2 Å². The Balaban J connectivity index is 3.05. The van der Waals surface area contributed by atoms with Gasteiger partial charge < -0.3 is 19.1 Å². The highest BCUT2D eigenvalue weighted by Crippen LogP contribution is 2.38. The summed E-state index contributed by atoms with van der Waals surface area (Å²) in [5.41, 5.74) is 0.566. The van der Waals surface area contributed by atoms with Gasteiger partial charge in [0.15, 0.2) is 17.3 Å². The summed E-state index contributed by atoms with van der Waals surface area (Å²) in [6.45, 7) is 0.704. The summed E-state index contributed by atoms with van der Waals surface area (Å²) in [5, 5.41) is 0. The summed E-state index contributed by atoms with van der Waals surface area (Å²) < 4.78 is 15.7. The van der Waals surface area contributed by atoms with E-state index in [1.807, 2.05) is 19.0 Å². The molecule has 5 nitrogen and oxygen atoms in total. The molecule has 1 aromatic carbocycles. The van der Waals surface area contributed by atoms with Crippen LogP contribution in [0.3, 0.4) is 0 Å². The maximum atomic E-state index is 12.1. The van der Waals surface area contributed by atoms with E-state index in [0.29, 0.717) is 35.8 Å². The molecule has 0 bridgehead atoms. The third-order valence-electron chi connectivity index (χ3n) is 2.77. The van der Waals surface area contributed by atoms with Crippen molar-refractivity contribution < 1.29 is 19.0 Å². The van der Waals surface area contributed by atoms with Crippen LogP contribution in [0, 0.1) is 0 Å². The van der Waals surface area contributed by atoms with E-state index in [1.165, 1.54) is 21.3 Å². The van der Waals surface area contributed by atoms with Gasteiger partial charge in [0.05, 0.1) is 21.3 Å². The molecule has 0 atom stereocenters. The number of hydrogen-bond donors (Lipinski definition) is 0. The number of nitrogens with zero attached hydrogens (tertiary/aromatic N) is 1. The number of rotatable bonds is 7. The van der Waals surface area contributed by atoms with Gasteiger partial charge in [-0.15, -0.1) is 0 Å². The van der Waals surface area contributed by atoms with Crippen LogP contribution in [0.2, 0.25) is 0 Å². The zero-order chi connectivity index (χ0) is 14.4. The fourth-order valence-corrected chi connectivity index (χ4v) is 1.71. The largest absolute Gasteiger partial charge is 0.493 e. The van der Waals surface area contributed by atoms with Crippen LogP contribution in [0.1, 0.15) is 16.8 Å². The van der Waals surface area contributed by atoms with Crippen molar-refractivity contribution >= 4 is 5.78 Å². The zero-order valence-corrected chi connectivity index (χ0v) is 12.1. The fourth-order valence-electron chi connectivity index (χ4n) is 1.71. The molecule has 0 aliphatic carbocycles. The second-order valence-electron chi connectivity index (χ2n) is 4.39. The molecule has 5 heteroatoms. The maximum absolute atomic E-state index is 12.1.